The number of halogens is 5. The average Bonchev–Trinajstić information content (AvgIpc) is 2.45. The van der Waals surface area contributed by atoms with Crippen molar-refractivity contribution in [1.29, 1.82) is 0 Å². The van der Waals surface area contributed by atoms with E-state index in [0.717, 1.165) is 12.1 Å². The van der Waals surface area contributed by atoms with Gasteiger partial charge in [0.1, 0.15) is 23.3 Å². The molecule has 152 valence electrons. The zero-order chi connectivity index (χ0) is 20.8. The summed E-state index contributed by atoms with van der Waals surface area (Å²) in [5.41, 5.74) is -5.77. The van der Waals surface area contributed by atoms with Crippen molar-refractivity contribution in [2.75, 3.05) is 11.1 Å². The Kier molecular flexibility index (Phi) is 7.88. The maximum Gasteiger partial charge on any atom is 0.441 e. The lowest BCUT2D eigenvalue weighted by Crippen LogP contribution is -2.46. The Morgan fingerprint density at radius 3 is 2.33 bits per heavy atom. The number of thioether (sulfide) groups is 1. The lowest BCUT2D eigenvalue weighted by atomic mass is 10.2. The van der Waals surface area contributed by atoms with Crippen LogP contribution in [0.1, 0.15) is 27.2 Å². The molecular formula is C16H19F5N2O3S. The summed E-state index contributed by atoms with van der Waals surface area (Å²) in [6.07, 6.45) is -1.41. The Labute approximate surface area is 157 Å². The molecule has 2 N–H and O–H groups in total. The van der Waals surface area contributed by atoms with E-state index < -0.39 is 53.0 Å². The molecule has 5 nitrogen and oxygen atoms in total. The Hall–Kier alpha value is -2.04. The van der Waals surface area contributed by atoms with Crippen LogP contribution >= 0.6 is 11.8 Å². The first kappa shape index (κ1) is 23.0. The molecule has 0 aliphatic heterocycles. The molecular weight excluding hydrogens is 395 g/mol. The second-order valence-corrected chi connectivity index (χ2v) is 7.55. The summed E-state index contributed by atoms with van der Waals surface area (Å²) in [5.74, 6) is -3.42. The van der Waals surface area contributed by atoms with Crippen LogP contribution in [0.2, 0.25) is 0 Å². The fraction of sp³-hybridized carbons (Fsp3) is 0.500. The molecule has 0 bridgehead atoms. The Balaban J connectivity index is 2.84. The number of ether oxygens (including phenoxy) is 1. The van der Waals surface area contributed by atoms with Crippen LogP contribution in [-0.2, 0) is 9.53 Å². The quantitative estimate of drug-likeness (QED) is 0.676. The van der Waals surface area contributed by atoms with E-state index in [0.29, 0.717) is 6.07 Å². The average molecular weight is 414 g/mol. The van der Waals surface area contributed by atoms with E-state index >= 15 is 0 Å². The largest absolute Gasteiger partial charge is 0.444 e. The van der Waals surface area contributed by atoms with Gasteiger partial charge in [-0.25, -0.2) is 13.6 Å². The molecule has 0 saturated carbocycles. The van der Waals surface area contributed by atoms with Crippen LogP contribution in [0, 0.1) is 11.6 Å². The molecule has 0 aliphatic rings. The van der Waals surface area contributed by atoms with E-state index in [-0.39, 0.29) is 17.4 Å². The summed E-state index contributed by atoms with van der Waals surface area (Å²) in [7, 11) is 0. The zero-order valence-electron chi connectivity index (χ0n) is 14.7. The maximum atomic E-state index is 13.6. The number of rotatable bonds is 6. The highest BCUT2D eigenvalue weighted by molar-refractivity contribution is 8.00. The van der Waals surface area contributed by atoms with Gasteiger partial charge in [0, 0.05) is 11.8 Å². The van der Waals surface area contributed by atoms with Gasteiger partial charge in [0.15, 0.2) is 0 Å². The molecule has 1 aromatic carbocycles. The first-order chi connectivity index (χ1) is 12.3. The summed E-state index contributed by atoms with van der Waals surface area (Å²) in [4.78, 5) is 24.1. The summed E-state index contributed by atoms with van der Waals surface area (Å²) in [6.45, 7) is 4.69. The topological polar surface area (TPSA) is 67.4 Å². The summed E-state index contributed by atoms with van der Waals surface area (Å²) in [5, 5.41) is 4.27. The molecule has 0 spiro atoms. The molecule has 27 heavy (non-hydrogen) atoms. The molecule has 0 heterocycles. The molecule has 0 saturated heterocycles. The first-order valence-electron chi connectivity index (χ1n) is 7.73. The summed E-state index contributed by atoms with van der Waals surface area (Å²) < 4.78 is 68.4. The highest BCUT2D eigenvalue weighted by Crippen LogP contribution is 2.30. The van der Waals surface area contributed by atoms with Crippen LogP contribution < -0.4 is 10.6 Å². The van der Waals surface area contributed by atoms with Crippen molar-refractivity contribution in [3.05, 3.63) is 29.8 Å². The van der Waals surface area contributed by atoms with Crippen LogP contribution in [0.15, 0.2) is 18.2 Å². The Morgan fingerprint density at radius 2 is 1.81 bits per heavy atom. The summed E-state index contributed by atoms with van der Waals surface area (Å²) in [6, 6.07) is 0.969. The number of anilines is 1. The number of alkyl carbamates (subject to hydrolysis) is 1. The SMILES string of the molecule is CC(C)(C)OC(=O)N[C@@H](CCSC(F)(F)F)C(=O)Nc1ccc(F)cc1F. The predicted octanol–water partition coefficient (Wildman–Crippen LogP) is 4.44. The van der Waals surface area contributed by atoms with Crippen LogP contribution in [-0.4, -0.2) is 34.9 Å². The molecule has 1 rings (SSSR count). The van der Waals surface area contributed by atoms with Gasteiger partial charge in [0.25, 0.3) is 0 Å². The van der Waals surface area contributed by atoms with Crippen molar-refractivity contribution in [2.45, 2.75) is 44.3 Å². The lowest BCUT2D eigenvalue weighted by molar-refractivity contribution is -0.118. The Bertz CT molecular complexity index is 677. The van der Waals surface area contributed by atoms with Crippen molar-refractivity contribution in [3.63, 3.8) is 0 Å². The third-order valence-electron chi connectivity index (χ3n) is 2.87. The molecule has 0 aliphatic carbocycles. The molecule has 0 radical (unpaired) electrons. The van der Waals surface area contributed by atoms with Gasteiger partial charge in [-0.05, 0) is 39.3 Å². The van der Waals surface area contributed by atoms with E-state index in [1.807, 2.05) is 0 Å². The van der Waals surface area contributed by atoms with Gasteiger partial charge in [-0.1, -0.05) is 11.8 Å². The van der Waals surface area contributed by atoms with Crippen LogP contribution in [0.25, 0.3) is 0 Å². The van der Waals surface area contributed by atoms with E-state index in [1.165, 1.54) is 0 Å². The van der Waals surface area contributed by atoms with Crippen molar-refractivity contribution in [3.8, 4) is 0 Å². The molecule has 0 unspecified atom stereocenters. The van der Waals surface area contributed by atoms with Crippen LogP contribution in [0.4, 0.5) is 32.4 Å². The highest BCUT2D eigenvalue weighted by Gasteiger charge is 2.30. The molecule has 0 aromatic heterocycles. The van der Waals surface area contributed by atoms with E-state index in [9.17, 15) is 31.5 Å². The van der Waals surface area contributed by atoms with Gasteiger partial charge in [0.05, 0.1) is 5.69 Å². The smallest absolute Gasteiger partial charge is 0.441 e. The van der Waals surface area contributed by atoms with Gasteiger partial charge in [-0.15, -0.1) is 0 Å². The number of hydrogen-bond donors (Lipinski definition) is 2. The number of hydrogen-bond acceptors (Lipinski definition) is 4. The van der Waals surface area contributed by atoms with Gasteiger partial charge < -0.3 is 15.4 Å². The minimum absolute atomic E-state index is 0.365. The third kappa shape index (κ3) is 9.45. The molecule has 0 fully saturated rings. The fourth-order valence-corrected chi connectivity index (χ4v) is 2.41. The molecule has 1 atom stereocenters. The highest BCUT2D eigenvalue weighted by atomic mass is 32.2. The normalized spacial score (nSPS) is 13.0. The summed E-state index contributed by atoms with van der Waals surface area (Å²) >= 11 is -0.365. The molecule has 1 aromatic rings. The van der Waals surface area contributed by atoms with Gasteiger partial charge in [-0.3, -0.25) is 4.79 Å². The standard InChI is InChI=1S/C16H19F5N2O3S/c1-15(2,3)26-14(25)23-12(6-7-27-16(19,20)21)13(24)22-11-5-4-9(17)8-10(11)18/h4-5,8,12H,6-7H2,1-3H3,(H,22,24)(H,23,25)/t12-/m0/s1. The second kappa shape index (κ2) is 9.25. The molecule has 11 heteroatoms. The number of carbonyl (C=O) groups excluding carboxylic acids is 2. The van der Waals surface area contributed by atoms with E-state index in [2.05, 4.69) is 10.6 Å². The number of carbonyl (C=O) groups is 2. The monoisotopic (exact) mass is 414 g/mol. The lowest BCUT2D eigenvalue weighted by Gasteiger charge is -2.23. The minimum atomic E-state index is -4.50. The zero-order valence-corrected chi connectivity index (χ0v) is 15.6. The molecule has 2 amide bonds. The van der Waals surface area contributed by atoms with Crippen molar-refractivity contribution >= 4 is 29.4 Å². The number of alkyl halides is 3. The minimum Gasteiger partial charge on any atom is -0.444 e. The van der Waals surface area contributed by atoms with Crippen LogP contribution in [0.3, 0.4) is 0 Å². The van der Waals surface area contributed by atoms with Crippen LogP contribution in [0.5, 0.6) is 0 Å². The van der Waals surface area contributed by atoms with Crippen molar-refractivity contribution < 1.29 is 36.3 Å². The van der Waals surface area contributed by atoms with Gasteiger partial charge >= 0.3 is 11.6 Å². The third-order valence-corrected chi connectivity index (χ3v) is 3.64. The second-order valence-electron chi connectivity index (χ2n) is 6.40. The van der Waals surface area contributed by atoms with Crippen molar-refractivity contribution in [1.82, 2.24) is 5.32 Å². The van der Waals surface area contributed by atoms with Gasteiger partial charge in [-0.2, -0.15) is 13.2 Å². The number of benzene rings is 1. The number of nitrogens with one attached hydrogen (secondary N) is 2. The fourth-order valence-electron chi connectivity index (χ4n) is 1.82. The first-order valence-corrected chi connectivity index (χ1v) is 8.71. The predicted molar refractivity (Wildman–Crippen MR) is 91.3 cm³/mol. The van der Waals surface area contributed by atoms with E-state index in [1.54, 1.807) is 20.8 Å². The Morgan fingerprint density at radius 1 is 1.19 bits per heavy atom. The number of amides is 2. The van der Waals surface area contributed by atoms with Gasteiger partial charge in [0.2, 0.25) is 5.91 Å². The van der Waals surface area contributed by atoms with Crippen molar-refractivity contribution in [2.24, 2.45) is 0 Å². The van der Waals surface area contributed by atoms with E-state index in [4.69, 9.17) is 4.74 Å². The maximum absolute atomic E-state index is 13.6.